The molecule has 2 N–H and O–H groups in total. The Labute approximate surface area is 179 Å². The maximum atomic E-state index is 6.57. The van der Waals surface area contributed by atoms with Gasteiger partial charge in [0.25, 0.3) is 0 Å². The molecule has 154 valence electrons. The monoisotopic (exact) mass is 434 g/mol. The third-order valence-electron chi connectivity index (χ3n) is 4.35. The summed E-state index contributed by atoms with van der Waals surface area (Å²) in [6.45, 7) is 1.35. The normalized spacial score (nSPS) is 11.1. The molecule has 0 aliphatic heterocycles. The summed E-state index contributed by atoms with van der Waals surface area (Å²) in [5, 5.41) is 6.97. The number of pyridine rings is 2. The molecule has 0 spiro atoms. The largest absolute Gasteiger partial charge is 0.495 e. The van der Waals surface area contributed by atoms with Crippen LogP contribution >= 0.6 is 23.2 Å². The van der Waals surface area contributed by atoms with Gasteiger partial charge in [-0.3, -0.25) is 0 Å². The van der Waals surface area contributed by atoms with E-state index in [9.17, 15) is 0 Å². The van der Waals surface area contributed by atoms with Crippen LogP contribution in [-0.2, 0) is 0 Å². The minimum atomic E-state index is 0.341. The van der Waals surface area contributed by atoms with Gasteiger partial charge in [0.15, 0.2) is 0 Å². The van der Waals surface area contributed by atoms with Gasteiger partial charge in [-0.05, 0) is 50.4 Å². The number of likely N-dealkylation sites (N-methyl/N-ethyl adjacent to an activating group) is 1. The van der Waals surface area contributed by atoms with Crippen LogP contribution in [0, 0.1) is 0 Å². The van der Waals surface area contributed by atoms with Crippen LogP contribution in [-0.4, -0.2) is 56.3 Å². The average Bonchev–Trinajstić information content (AvgIpc) is 2.68. The Bertz CT molecular complexity index is 1020. The summed E-state index contributed by atoms with van der Waals surface area (Å²) in [4.78, 5) is 11.0. The second kappa shape index (κ2) is 8.90. The molecule has 2 heterocycles. The van der Waals surface area contributed by atoms with Crippen molar-refractivity contribution in [2.45, 2.75) is 0 Å². The fourth-order valence-corrected chi connectivity index (χ4v) is 3.55. The van der Waals surface area contributed by atoms with Gasteiger partial charge in [0, 0.05) is 23.2 Å². The van der Waals surface area contributed by atoms with Gasteiger partial charge in [-0.1, -0.05) is 29.0 Å². The summed E-state index contributed by atoms with van der Waals surface area (Å²) in [6.07, 6.45) is 1.68. The van der Waals surface area contributed by atoms with E-state index in [2.05, 4.69) is 10.3 Å². The number of hydrogen-bond acceptors (Lipinski definition) is 6. The Balaban J connectivity index is 2.21. The van der Waals surface area contributed by atoms with Crippen molar-refractivity contribution in [2.75, 3.05) is 47.1 Å². The molecule has 2 aromatic heterocycles. The van der Waals surface area contributed by atoms with E-state index in [0.29, 0.717) is 51.0 Å². The maximum Gasteiger partial charge on any atom is 0.141 e. The lowest BCUT2D eigenvalue weighted by Crippen LogP contribution is -2.15. The van der Waals surface area contributed by atoms with Gasteiger partial charge in [0.1, 0.15) is 17.3 Å². The molecule has 3 rings (SSSR count). The van der Waals surface area contributed by atoms with Gasteiger partial charge in [-0.15, -0.1) is 0 Å². The second-order valence-electron chi connectivity index (χ2n) is 6.63. The van der Waals surface area contributed by atoms with E-state index in [1.165, 1.54) is 14.2 Å². The van der Waals surface area contributed by atoms with Crippen LogP contribution in [0.15, 0.2) is 24.4 Å². The molecule has 0 fully saturated rings. The standard InChI is InChI=1S/C20H22Cl2N5O2/c1-27(2)6-5-24-20-12-8-16(23)25-10-11(12)7-13(26-20)17-18(21)14(28-3)9-15(29-4)19(17)22/h7-10H,5-6H2,1-4H3,(H2-,23,24,25,26)/q-1. The molecule has 3 aromatic rings. The number of rotatable bonds is 7. The lowest BCUT2D eigenvalue weighted by atomic mass is 10.1. The predicted octanol–water partition coefficient (Wildman–Crippen LogP) is 4.77. The number of nitrogen functional groups attached to an aromatic ring is 1. The van der Waals surface area contributed by atoms with Crippen molar-refractivity contribution in [2.24, 2.45) is 0 Å². The highest BCUT2D eigenvalue weighted by Crippen LogP contribution is 2.46. The van der Waals surface area contributed by atoms with Gasteiger partial charge >= 0.3 is 0 Å². The fourth-order valence-electron chi connectivity index (χ4n) is 2.86. The van der Waals surface area contributed by atoms with Crippen molar-refractivity contribution in [3.63, 3.8) is 0 Å². The number of fused-ring (bicyclic) bond motifs is 1. The summed E-state index contributed by atoms with van der Waals surface area (Å²) < 4.78 is 10.7. The first-order chi connectivity index (χ1) is 13.8. The molecule has 1 aromatic carbocycles. The highest BCUT2D eigenvalue weighted by atomic mass is 35.5. The van der Waals surface area contributed by atoms with Crippen molar-refractivity contribution in [3.8, 4) is 22.8 Å². The molecule has 0 atom stereocenters. The molecule has 0 amide bonds. The molecule has 7 nitrogen and oxygen atoms in total. The third kappa shape index (κ3) is 4.42. The Morgan fingerprint density at radius 2 is 1.72 bits per heavy atom. The molecule has 29 heavy (non-hydrogen) atoms. The molecular weight excluding hydrogens is 413 g/mol. The smallest absolute Gasteiger partial charge is 0.141 e. The number of methoxy groups -OCH3 is 2. The second-order valence-corrected chi connectivity index (χ2v) is 7.39. The van der Waals surface area contributed by atoms with Crippen LogP contribution in [0.2, 0.25) is 10.0 Å². The van der Waals surface area contributed by atoms with E-state index in [1.807, 2.05) is 25.1 Å². The topological polar surface area (TPSA) is 87.6 Å². The van der Waals surface area contributed by atoms with Crippen LogP contribution < -0.4 is 15.2 Å². The van der Waals surface area contributed by atoms with Crippen molar-refractivity contribution < 1.29 is 9.47 Å². The molecule has 0 bridgehead atoms. The first kappa shape index (κ1) is 21.2. The zero-order valence-corrected chi connectivity index (χ0v) is 18.2. The van der Waals surface area contributed by atoms with Crippen molar-refractivity contribution in [1.29, 1.82) is 0 Å². The molecule has 0 aliphatic rings. The van der Waals surface area contributed by atoms with E-state index >= 15 is 0 Å². The lowest BCUT2D eigenvalue weighted by molar-refractivity contribution is 0.395. The van der Waals surface area contributed by atoms with Crippen LogP contribution in [0.5, 0.6) is 11.5 Å². The van der Waals surface area contributed by atoms with Crippen LogP contribution in [0.25, 0.3) is 27.3 Å². The van der Waals surface area contributed by atoms with E-state index in [4.69, 9.17) is 43.4 Å². The fraction of sp³-hybridized carbons (Fsp3) is 0.300. The van der Waals surface area contributed by atoms with E-state index < -0.39 is 0 Å². The minimum absolute atomic E-state index is 0.341. The summed E-state index contributed by atoms with van der Waals surface area (Å²) >= 11 is 13.1. The Hall–Kier alpha value is -2.48. The van der Waals surface area contributed by atoms with Gasteiger partial charge < -0.3 is 30.4 Å². The lowest BCUT2D eigenvalue weighted by Gasteiger charge is -2.23. The van der Waals surface area contributed by atoms with Gasteiger partial charge in [-0.2, -0.15) is 0 Å². The van der Waals surface area contributed by atoms with Crippen LogP contribution in [0.1, 0.15) is 0 Å². The maximum absolute atomic E-state index is 6.57. The molecule has 0 unspecified atom stereocenters. The van der Waals surface area contributed by atoms with Crippen LogP contribution in [0.3, 0.4) is 0 Å². The Morgan fingerprint density at radius 1 is 1.07 bits per heavy atom. The number of aromatic nitrogens is 2. The Morgan fingerprint density at radius 3 is 2.31 bits per heavy atom. The molecular formula is C20H22Cl2N5O2-. The molecule has 0 aliphatic carbocycles. The molecule has 0 saturated carbocycles. The van der Waals surface area contributed by atoms with Crippen molar-refractivity contribution >= 4 is 45.6 Å². The predicted molar refractivity (Wildman–Crippen MR) is 119 cm³/mol. The number of nitrogens with two attached hydrogens (primary N) is 1. The summed E-state index contributed by atoms with van der Waals surface area (Å²) in [5.74, 6) is 1.82. The van der Waals surface area contributed by atoms with Crippen molar-refractivity contribution in [1.82, 2.24) is 14.9 Å². The van der Waals surface area contributed by atoms with Crippen LogP contribution in [0.4, 0.5) is 11.6 Å². The highest BCUT2D eigenvalue weighted by molar-refractivity contribution is 6.41. The van der Waals surface area contributed by atoms with Gasteiger partial charge in [-0.25, -0.2) is 4.98 Å². The number of nitrogens with zero attached hydrogens (tertiary/aromatic N) is 4. The number of benzene rings is 1. The summed E-state index contributed by atoms with van der Waals surface area (Å²) in [6, 6.07) is 5.24. The number of hydrogen-bond donors (Lipinski definition) is 1. The van der Waals surface area contributed by atoms with Gasteiger partial charge in [0.05, 0.1) is 24.3 Å². The van der Waals surface area contributed by atoms with E-state index in [1.54, 1.807) is 18.3 Å². The SMILES string of the molecule is COc1cc(OC)c(Cl)c(-c2cc3cnc(N)cc3c([N-]CCN(C)C)n2)c1Cl. The number of ether oxygens (including phenoxy) is 2. The number of anilines is 1. The Kier molecular flexibility index (Phi) is 6.52. The molecule has 9 heteroatoms. The first-order valence-electron chi connectivity index (χ1n) is 8.84. The zero-order chi connectivity index (χ0) is 21.1. The average molecular weight is 435 g/mol. The first-order valence-corrected chi connectivity index (χ1v) is 9.60. The molecule has 0 radical (unpaired) electrons. The number of halogens is 2. The van der Waals surface area contributed by atoms with E-state index in [-0.39, 0.29) is 0 Å². The molecule has 0 saturated heterocycles. The zero-order valence-electron chi connectivity index (χ0n) is 16.7. The van der Waals surface area contributed by atoms with Crippen molar-refractivity contribution in [3.05, 3.63) is 39.8 Å². The highest BCUT2D eigenvalue weighted by Gasteiger charge is 2.18. The summed E-state index contributed by atoms with van der Waals surface area (Å²) in [7, 11) is 7.03. The van der Waals surface area contributed by atoms with Gasteiger partial charge in [0.2, 0.25) is 0 Å². The minimum Gasteiger partial charge on any atom is -0.495 e. The summed E-state index contributed by atoms with van der Waals surface area (Å²) in [5.41, 5.74) is 6.93. The van der Waals surface area contributed by atoms with E-state index in [0.717, 1.165) is 17.3 Å². The third-order valence-corrected chi connectivity index (χ3v) is 5.10. The quantitative estimate of drug-likeness (QED) is 0.575.